The first-order valence-corrected chi connectivity index (χ1v) is 8.49. The van der Waals surface area contributed by atoms with E-state index < -0.39 is 0 Å². The molecule has 0 bridgehead atoms. The number of nitrogens with two attached hydrogens (primary N) is 1. The number of carbonyl (C=O) groups is 1. The Morgan fingerprint density at radius 3 is 2.75 bits per heavy atom. The maximum atomic E-state index is 12.2. The van der Waals surface area contributed by atoms with Crippen molar-refractivity contribution in [3.8, 4) is 0 Å². The Kier molecular flexibility index (Phi) is 5.92. The van der Waals surface area contributed by atoms with Gasteiger partial charge in [-0.05, 0) is 42.7 Å². The molecule has 3 nitrogen and oxygen atoms in total. The third-order valence-corrected chi connectivity index (χ3v) is 5.05. The zero-order chi connectivity index (χ0) is 14.4. The number of nitrogens with one attached hydrogen (secondary N) is 1. The predicted octanol–water partition coefficient (Wildman–Crippen LogP) is 2.94. The Hall–Kier alpha value is -1.00. The van der Waals surface area contributed by atoms with Crippen molar-refractivity contribution in [2.45, 2.75) is 50.4 Å². The molecule has 4 heteroatoms. The van der Waals surface area contributed by atoms with Crippen molar-refractivity contribution in [3.05, 3.63) is 35.4 Å². The third-order valence-electron chi connectivity index (χ3n) is 3.82. The lowest BCUT2D eigenvalue weighted by molar-refractivity contribution is 0.0928. The van der Waals surface area contributed by atoms with E-state index in [9.17, 15) is 4.79 Å². The van der Waals surface area contributed by atoms with Crippen molar-refractivity contribution in [2.24, 2.45) is 5.73 Å². The van der Waals surface area contributed by atoms with Crippen LogP contribution < -0.4 is 11.1 Å². The lowest BCUT2D eigenvalue weighted by Crippen LogP contribution is -2.39. The van der Waals surface area contributed by atoms with Gasteiger partial charge in [-0.25, -0.2) is 0 Å². The molecule has 0 spiro atoms. The van der Waals surface area contributed by atoms with Gasteiger partial charge in [-0.15, -0.1) is 0 Å². The molecule has 20 heavy (non-hydrogen) atoms. The van der Waals surface area contributed by atoms with E-state index in [-0.39, 0.29) is 5.91 Å². The number of hydrogen-bond acceptors (Lipinski definition) is 3. The first-order chi connectivity index (χ1) is 9.72. The van der Waals surface area contributed by atoms with Crippen LogP contribution in [-0.2, 0) is 6.54 Å². The van der Waals surface area contributed by atoms with E-state index in [2.05, 4.69) is 12.2 Å². The summed E-state index contributed by atoms with van der Waals surface area (Å²) in [6.45, 7) is 2.71. The molecule has 2 unspecified atom stereocenters. The number of hydrogen-bond donors (Lipinski definition) is 2. The van der Waals surface area contributed by atoms with Crippen LogP contribution in [-0.4, -0.2) is 23.0 Å². The van der Waals surface area contributed by atoms with Gasteiger partial charge in [0.25, 0.3) is 5.91 Å². The monoisotopic (exact) mass is 292 g/mol. The molecule has 3 N–H and O–H groups in total. The maximum Gasteiger partial charge on any atom is 0.251 e. The van der Waals surface area contributed by atoms with E-state index in [1.165, 1.54) is 12.8 Å². The van der Waals surface area contributed by atoms with Crippen LogP contribution in [0.5, 0.6) is 0 Å². The largest absolute Gasteiger partial charge is 0.349 e. The van der Waals surface area contributed by atoms with Gasteiger partial charge in [0, 0.05) is 23.4 Å². The highest BCUT2D eigenvalue weighted by molar-refractivity contribution is 7.99. The Labute approximate surface area is 125 Å². The molecular formula is C16H24N2OS. The molecule has 1 aliphatic rings. The second-order valence-corrected chi connectivity index (χ2v) is 6.89. The van der Waals surface area contributed by atoms with Crippen molar-refractivity contribution >= 4 is 17.7 Å². The number of carbonyl (C=O) groups excluding carboxylic acids is 1. The average Bonchev–Trinajstić information content (AvgIpc) is 2.48. The van der Waals surface area contributed by atoms with Crippen LogP contribution in [0.25, 0.3) is 0 Å². The van der Waals surface area contributed by atoms with Crippen molar-refractivity contribution in [3.63, 3.8) is 0 Å². The normalized spacial score (nSPS) is 22.5. The molecular weight excluding hydrogens is 268 g/mol. The number of rotatable bonds is 5. The van der Waals surface area contributed by atoms with E-state index in [0.717, 1.165) is 29.7 Å². The third kappa shape index (κ3) is 4.25. The van der Waals surface area contributed by atoms with Crippen LogP contribution in [0.3, 0.4) is 0 Å². The van der Waals surface area contributed by atoms with Crippen molar-refractivity contribution in [1.82, 2.24) is 5.32 Å². The van der Waals surface area contributed by atoms with Gasteiger partial charge in [-0.1, -0.05) is 25.5 Å². The molecule has 0 aromatic heterocycles. The average molecular weight is 292 g/mol. The van der Waals surface area contributed by atoms with Gasteiger partial charge >= 0.3 is 0 Å². The second kappa shape index (κ2) is 7.70. The smallest absolute Gasteiger partial charge is 0.251 e. The van der Waals surface area contributed by atoms with Crippen LogP contribution >= 0.6 is 11.8 Å². The summed E-state index contributed by atoms with van der Waals surface area (Å²) in [5.41, 5.74) is 7.35. The lowest BCUT2D eigenvalue weighted by Gasteiger charge is -2.29. The van der Waals surface area contributed by atoms with Gasteiger partial charge in [0.15, 0.2) is 0 Å². The molecule has 0 saturated heterocycles. The van der Waals surface area contributed by atoms with E-state index >= 15 is 0 Å². The summed E-state index contributed by atoms with van der Waals surface area (Å²) < 4.78 is 0. The molecule has 1 aliphatic carbocycles. The molecule has 2 atom stereocenters. The highest BCUT2D eigenvalue weighted by atomic mass is 32.2. The zero-order valence-corrected chi connectivity index (χ0v) is 12.9. The quantitative estimate of drug-likeness (QED) is 0.877. The predicted molar refractivity (Wildman–Crippen MR) is 86.0 cm³/mol. The Bertz CT molecular complexity index is 431. The molecule has 0 aliphatic heterocycles. The molecule has 1 aromatic rings. The molecule has 1 fully saturated rings. The van der Waals surface area contributed by atoms with Gasteiger partial charge in [-0.2, -0.15) is 11.8 Å². The standard InChI is InChI=1S/C16H24N2OS/c1-2-20-15-5-3-4-14(10-15)18-16(19)13-8-6-12(11-17)7-9-13/h6-9,14-15H,2-5,10-11,17H2,1H3,(H,18,19). The summed E-state index contributed by atoms with van der Waals surface area (Å²) in [6, 6.07) is 7.89. The molecule has 110 valence electrons. The fourth-order valence-corrected chi connectivity index (χ4v) is 3.90. The molecule has 0 radical (unpaired) electrons. The Morgan fingerprint density at radius 2 is 2.10 bits per heavy atom. The van der Waals surface area contributed by atoms with Gasteiger partial charge in [0.2, 0.25) is 0 Å². The summed E-state index contributed by atoms with van der Waals surface area (Å²) in [7, 11) is 0. The SMILES string of the molecule is CCSC1CCCC(NC(=O)c2ccc(CN)cc2)C1. The van der Waals surface area contributed by atoms with Crippen LogP contribution in [0.4, 0.5) is 0 Å². The highest BCUT2D eigenvalue weighted by Gasteiger charge is 2.23. The number of thioether (sulfide) groups is 1. The van der Waals surface area contributed by atoms with Gasteiger partial charge in [0.1, 0.15) is 0 Å². The van der Waals surface area contributed by atoms with Crippen LogP contribution in [0.15, 0.2) is 24.3 Å². The summed E-state index contributed by atoms with van der Waals surface area (Å²) in [5.74, 6) is 1.20. The van der Waals surface area contributed by atoms with Gasteiger partial charge < -0.3 is 11.1 Å². The van der Waals surface area contributed by atoms with Crippen LogP contribution in [0, 0.1) is 0 Å². The summed E-state index contributed by atoms with van der Waals surface area (Å²) in [5, 5.41) is 3.88. The summed E-state index contributed by atoms with van der Waals surface area (Å²) in [4.78, 5) is 12.2. The van der Waals surface area contributed by atoms with Gasteiger partial charge in [-0.3, -0.25) is 4.79 Å². The number of benzene rings is 1. The Morgan fingerprint density at radius 1 is 1.35 bits per heavy atom. The first kappa shape index (κ1) is 15.4. The molecule has 0 heterocycles. The lowest BCUT2D eigenvalue weighted by atomic mass is 9.94. The fourth-order valence-electron chi connectivity index (χ4n) is 2.72. The topological polar surface area (TPSA) is 55.1 Å². The summed E-state index contributed by atoms with van der Waals surface area (Å²) >= 11 is 2.02. The fraction of sp³-hybridized carbons (Fsp3) is 0.562. The maximum absolute atomic E-state index is 12.2. The summed E-state index contributed by atoms with van der Waals surface area (Å²) in [6.07, 6.45) is 4.71. The molecule has 1 aromatic carbocycles. The molecule has 1 amide bonds. The van der Waals surface area contributed by atoms with E-state index in [1.807, 2.05) is 36.0 Å². The van der Waals surface area contributed by atoms with Crippen molar-refractivity contribution < 1.29 is 4.79 Å². The minimum atomic E-state index is 0.0423. The van der Waals surface area contributed by atoms with E-state index in [0.29, 0.717) is 17.8 Å². The van der Waals surface area contributed by atoms with E-state index in [1.54, 1.807) is 0 Å². The van der Waals surface area contributed by atoms with Crippen molar-refractivity contribution in [1.29, 1.82) is 0 Å². The highest BCUT2D eigenvalue weighted by Crippen LogP contribution is 2.28. The number of amides is 1. The first-order valence-electron chi connectivity index (χ1n) is 7.44. The van der Waals surface area contributed by atoms with Crippen LogP contribution in [0.2, 0.25) is 0 Å². The molecule has 2 rings (SSSR count). The molecule has 1 saturated carbocycles. The van der Waals surface area contributed by atoms with Gasteiger partial charge in [0.05, 0.1) is 0 Å². The zero-order valence-electron chi connectivity index (χ0n) is 12.1. The minimum absolute atomic E-state index is 0.0423. The minimum Gasteiger partial charge on any atom is -0.349 e. The second-order valence-electron chi connectivity index (χ2n) is 5.32. The van der Waals surface area contributed by atoms with E-state index in [4.69, 9.17) is 5.73 Å². The Balaban J connectivity index is 1.89. The van der Waals surface area contributed by atoms with Crippen molar-refractivity contribution in [2.75, 3.05) is 5.75 Å². The van der Waals surface area contributed by atoms with Crippen LogP contribution in [0.1, 0.15) is 48.5 Å².